The summed E-state index contributed by atoms with van der Waals surface area (Å²) in [6, 6.07) is 18.9. The number of oxazole rings is 1. The minimum atomic E-state index is -0.472. The molecule has 7 heteroatoms. The van der Waals surface area contributed by atoms with Gasteiger partial charge >= 0.3 is 5.69 Å². The highest BCUT2D eigenvalue weighted by Crippen LogP contribution is 2.23. The van der Waals surface area contributed by atoms with Gasteiger partial charge in [0.05, 0.1) is 17.6 Å². The molecule has 7 nitrogen and oxygen atoms in total. The van der Waals surface area contributed by atoms with Crippen LogP contribution in [-0.4, -0.2) is 19.1 Å². The van der Waals surface area contributed by atoms with Gasteiger partial charge in [-0.1, -0.05) is 35.9 Å². The quantitative estimate of drug-likeness (QED) is 0.401. The summed E-state index contributed by atoms with van der Waals surface area (Å²) >= 11 is 0. The van der Waals surface area contributed by atoms with Gasteiger partial charge < -0.3 is 4.42 Å². The molecule has 5 aromatic rings. The lowest BCUT2D eigenvalue weighted by molar-refractivity contribution is 0.536. The molecule has 5 rings (SSSR count). The van der Waals surface area contributed by atoms with Gasteiger partial charge in [0.15, 0.2) is 5.65 Å². The summed E-state index contributed by atoms with van der Waals surface area (Å²) in [7, 11) is 0. The standard InChI is InChI=1S/C27H24N4O3/c1-16-10-12-20(13-11-16)25-29-22(19(4)34-25)15-30-26(32)23-17(2)14-18(3)28-24(23)31(27(30)33)21-8-6-5-7-9-21/h5-14H,15H2,1-4H3. The van der Waals surface area contributed by atoms with E-state index in [1.807, 2.05) is 81.4 Å². The molecular formula is C27H24N4O3. The van der Waals surface area contributed by atoms with Crippen LogP contribution in [0.15, 0.2) is 74.7 Å². The van der Waals surface area contributed by atoms with Crippen molar-refractivity contribution < 1.29 is 4.42 Å². The van der Waals surface area contributed by atoms with Crippen LogP contribution >= 0.6 is 0 Å². The predicted molar refractivity (Wildman–Crippen MR) is 132 cm³/mol. The molecule has 0 unspecified atom stereocenters. The Balaban J connectivity index is 1.72. The van der Waals surface area contributed by atoms with E-state index in [1.54, 1.807) is 6.92 Å². The van der Waals surface area contributed by atoms with Gasteiger partial charge in [-0.25, -0.2) is 19.3 Å². The van der Waals surface area contributed by atoms with Gasteiger partial charge in [-0.2, -0.15) is 0 Å². The first-order chi connectivity index (χ1) is 16.3. The molecule has 3 heterocycles. The molecule has 0 aliphatic rings. The van der Waals surface area contributed by atoms with E-state index >= 15 is 0 Å². The summed E-state index contributed by atoms with van der Waals surface area (Å²) in [5, 5.41) is 0.411. The summed E-state index contributed by atoms with van der Waals surface area (Å²) in [5.41, 5.74) is 4.14. The maximum absolute atomic E-state index is 13.7. The van der Waals surface area contributed by atoms with Gasteiger partial charge in [-0.3, -0.25) is 9.36 Å². The lowest BCUT2D eigenvalue weighted by Crippen LogP contribution is -2.40. The first kappa shape index (κ1) is 21.6. The molecule has 0 amide bonds. The Bertz CT molecular complexity index is 1640. The van der Waals surface area contributed by atoms with Crippen molar-refractivity contribution in [2.45, 2.75) is 34.2 Å². The average molecular weight is 453 g/mol. The molecule has 0 spiro atoms. The third-order valence-corrected chi connectivity index (χ3v) is 5.93. The second-order valence-corrected chi connectivity index (χ2v) is 8.51. The van der Waals surface area contributed by atoms with E-state index < -0.39 is 11.2 Å². The van der Waals surface area contributed by atoms with Crippen LogP contribution in [0.1, 0.15) is 28.3 Å². The number of benzene rings is 2. The fourth-order valence-electron chi connectivity index (χ4n) is 4.17. The zero-order valence-corrected chi connectivity index (χ0v) is 19.5. The van der Waals surface area contributed by atoms with E-state index in [0.29, 0.717) is 34.1 Å². The Labute approximate surface area is 196 Å². The summed E-state index contributed by atoms with van der Waals surface area (Å²) < 4.78 is 8.59. The summed E-state index contributed by atoms with van der Waals surface area (Å²) in [6.07, 6.45) is 0. The van der Waals surface area contributed by atoms with Gasteiger partial charge in [-0.05, 0) is 63.6 Å². The average Bonchev–Trinajstić information content (AvgIpc) is 3.17. The minimum absolute atomic E-state index is 0.00501. The molecule has 0 fully saturated rings. The van der Waals surface area contributed by atoms with Crippen molar-refractivity contribution in [3.63, 3.8) is 0 Å². The number of rotatable bonds is 4. The van der Waals surface area contributed by atoms with Gasteiger partial charge in [0.25, 0.3) is 5.56 Å². The molecule has 0 aliphatic heterocycles. The van der Waals surface area contributed by atoms with Crippen molar-refractivity contribution in [3.8, 4) is 17.1 Å². The maximum atomic E-state index is 13.7. The van der Waals surface area contributed by atoms with Crippen LogP contribution in [-0.2, 0) is 6.54 Å². The second-order valence-electron chi connectivity index (χ2n) is 8.51. The van der Waals surface area contributed by atoms with Crippen molar-refractivity contribution in [1.29, 1.82) is 0 Å². The van der Waals surface area contributed by atoms with Crippen molar-refractivity contribution >= 4 is 11.0 Å². The van der Waals surface area contributed by atoms with E-state index in [-0.39, 0.29) is 6.54 Å². The molecule has 0 N–H and O–H groups in total. The van der Waals surface area contributed by atoms with Gasteiger partial charge in [0.1, 0.15) is 11.5 Å². The van der Waals surface area contributed by atoms with Gasteiger partial charge in [0, 0.05) is 11.3 Å². The van der Waals surface area contributed by atoms with Crippen LogP contribution in [0.4, 0.5) is 0 Å². The van der Waals surface area contributed by atoms with Crippen LogP contribution in [0.2, 0.25) is 0 Å². The first-order valence-corrected chi connectivity index (χ1v) is 11.1. The van der Waals surface area contributed by atoms with E-state index in [1.165, 1.54) is 9.13 Å². The molecule has 0 saturated carbocycles. The summed E-state index contributed by atoms with van der Waals surface area (Å²) in [6.45, 7) is 7.51. The Kier molecular flexibility index (Phi) is 5.24. The number of aryl methyl sites for hydroxylation is 4. The van der Waals surface area contributed by atoms with E-state index in [0.717, 1.165) is 22.4 Å². The molecule has 0 bridgehead atoms. The van der Waals surface area contributed by atoms with Crippen LogP contribution in [0.25, 0.3) is 28.2 Å². The molecule has 3 aromatic heterocycles. The number of nitrogens with zero attached hydrogens (tertiary/aromatic N) is 4. The number of para-hydroxylation sites is 1. The first-order valence-electron chi connectivity index (χ1n) is 11.1. The van der Waals surface area contributed by atoms with Gasteiger partial charge in [0.2, 0.25) is 5.89 Å². The SMILES string of the molecule is Cc1ccc(-c2nc(Cn3c(=O)c4c(C)cc(C)nc4n(-c4ccccc4)c3=O)c(C)o2)cc1. The van der Waals surface area contributed by atoms with Crippen molar-refractivity contribution in [3.05, 3.63) is 110 Å². The normalized spacial score (nSPS) is 11.3. The Morgan fingerprint density at radius 1 is 0.882 bits per heavy atom. The third-order valence-electron chi connectivity index (χ3n) is 5.93. The highest BCUT2D eigenvalue weighted by Gasteiger charge is 2.20. The van der Waals surface area contributed by atoms with E-state index in [2.05, 4.69) is 9.97 Å². The fraction of sp³-hybridized carbons (Fsp3) is 0.185. The summed E-state index contributed by atoms with van der Waals surface area (Å²) in [4.78, 5) is 36.4. The number of hydrogen-bond acceptors (Lipinski definition) is 5. The zero-order chi connectivity index (χ0) is 24.0. The monoisotopic (exact) mass is 452 g/mol. The predicted octanol–water partition coefficient (Wildman–Crippen LogP) is 4.48. The molecular weight excluding hydrogens is 428 g/mol. The van der Waals surface area contributed by atoms with Crippen LogP contribution in [0.5, 0.6) is 0 Å². The Hall–Kier alpha value is -4.26. The fourth-order valence-corrected chi connectivity index (χ4v) is 4.17. The summed E-state index contributed by atoms with van der Waals surface area (Å²) in [5.74, 6) is 1.02. The second kappa shape index (κ2) is 8.26. The van der Waals surface area contributed by atoms with E-state index in [4.69, 9.17) is 4.42 Å². The lowest BCUT2D eigenvalue weighted by Gasteiger charge is -2.15. The highest BCUT2D eigenvalue weighted by molar-refractivity contribution is 5.79. The minimum Gasteiger partial charge on any atom is -0.441 e. The topological polar surface area (TPSA) is 82.9 Å². The van der Waals surface area contributed by atoms with Crippen molar-refractivity contribution in [2.75, 3.05) is 0 Å². The van der Waals surface area contributed by atoms with E-state index in [9.17, 15) is 9.59 Å². The van der Waals surface area contributed by atoms with Crippen LogP contribution in [0.3, 0.4) is 0 Å². The van der Waals surface area contributed by atoms with Crippen molar-refractivity contribution in [1.82, 2.24) is 19.1 Å². The zero-order valence-electron chi connectivity index (χ0n) is 19.5. The maximum Gasteiger partial charge on any atom is 0.337 e. The molecule has 0 aliphatic carbocycles. The van der Waals surface area contributed by atoms with Gasteiger partial charge in [-0.15, -0.1) is 0 Å². The Morgan fingerprint density at radius 3 is 2.29 bits per heavy atom. The number of pyridine rings is 1. The molecule has 170 valence electrons. The Morgan fingerprint density at radius 2 is 1.59 bits per heavy atom. The third kappa shape index (κ3) is 3.65. The number of aromatic nitrogens is 4. The van der Waals surface area contributed by atoms with Crippen LogP contribution < -0.4 is 11.2 Å². The smallest absolute Gasteiger partial charge is 0.337 e. The molecule has 0 saturated heterocycles. The number of hydrogen-bond donors (Lipinski definition) is 0. The van der Waals surface area contributed by atoms with Crippen molar-refractivity contribution in [2.24, 2.45) is 0 Å². The number of fused-ring (bicyclic) bond motifs is 1. The lowest BCUT2D eigenvalue weighted by atomic mass is 10.1. The molecule has 0 atom stereocenters. The largest absolute Gasteiger partial charge is 0.441 e. The molecule has 0 radical (unpaired) electrons. The van der Waals surface area contributed by atoms with Crippen LogP contribution in [0, 0.1) is 27.7 Å². The highest BCUT2D eigenvalue weighted by atomic mass is 16.4. The molecule has 34 heavy (non-hydrogen) atoms. The molecule has 2 aromatic carbocycles.